The van der Waals surface area contributed by atoms with E-state index in [-0.39, 0.29) is 5.88 Å². The largest absolute Gasteiger partial charge is 0.493 e. The highest BCUT2D eigenvalue weighted by atomic mass is 16.3. The van der Waals surface area contributed by atoms with E-state index in [4.69, 9.17) is 9.97 Å². The van der Waals surface area contributed by atoms with Crippen LogP contribution in [-0.4, -0.2) is 24.5 Å². The van der Waals surface area contributed by atoms with Gasteiger partial charge < -0.3 is 5.11 Å². The summed E-state index contributed by atoms with van der Waals surface area (Å²) in [5.41, 5.74) is 6.14. The first kappa shape index (κ1) is 18.1. The van der Waals surface area contributed by atoms with Crippen molar-refractivity contribution in [2.24, 2.45) is 0 Å². The predicted molar refractivity (Wildman–Crippen MR) is 116 cm³/mol. The Morgan fingerprint density at radius 1 is 0.700 bits per heavy atom. The van der Waals surface area contributed by atoms with Crippen LogP contribution in [0, 0.1) is 0 Å². The predicted octanol–water partition coefficient (Wildman–Crippen LogP) is 4.68. The van der Waals surface area contributed by atoms with Gasteiger partial charge in [-0.2, -0.15) is 0 Å². The Labute approximate surface area is 174 Å². The van der Waals surface area contributed by atoms with E-state index in [0.717, 1.165) is 28.1 Å². The SMILES string of the molecule is Oc1c(Cc2ccncc2)nc2c(Cc3ccccc3)nc(-c3ccccc3)cn12. The number of imidazole rings is 1. The maximum absolute atomic E-state index is 11.0. The summed E-state index contributed by atoms with van der Waals surface area (Å²) in [5.74, 6) is 0.149. The van der Waals surface area contributed by atoms with Gasteiger partial charge in [-0.3, -0.25) is 9.38 Å². The summed E-state index contributed by atoms with van der Waals surface area (Å²) in [6.45, 7) is 0. The number of aromatic nitrogens is 4. The van der Waals surface area contributed by atoms with Crippen LogP contribution in [0.4, 0.5) is 0 Å². The minimum absolute atomic E-state index is 0.149. The molecular weight excluding hydrogens is 372 g/mol. The Bertz CT molecular complexity index is 1280. The van der Waals surface area contributed by atoms with Crippen LogP contribution < -0.4 is 0 Å². The van der Waals surface area contributed by atoms with Crippen molar-refractivity contribution in [3.63, 3.8) is 0 Å². The summed E-state index contributed by atoms with van der Waals surface area (Å²) in [4.78, 5) is 13.8. The van der Waals surface area contributed by atoms with Crippen molar-refractivity contribution in [2.75, 3.05) is 0 Å². The Balaban J connectivity index is 1.66. The summed E-state index contributed by atoms with van der Waals surface area (Å²) < 4.78 is 1.75. The molecule has 146 valence electrons. The molecular formula is C25H20N4O. The first-order valence-electron chi connectivity index (χ1n) is 9.86. The second kappa shape index (κ2) is 7.79. The molecule has 3 heterocycles. The van der Waals surface area contributed by atoms with E-state index in [9.17, 15) is 5.11 Å². The molecule has 0 aliphatic rings. The van der Waals surface area contributed by atoms with Gasteiger partial charge in [0.15, 0.2) is 5.65 Å². The lowest BCUT2D eigenvalue weighted by molar-refractivity contribution is 0.442. The topological polar surface area (TPSA) is 63.3 Å². The van der Waals surface area contributed by atoms with Crippen molar-refractivity contribution >= 4 is 5.65 Å². The number of fused-ring (bicyclic) bond motifs is 1. The first-order valence-corrected chi connectivity index (χ1v) is 9.86. The van der Waals surface area contributed by atoms with E-state index in [0.29, 0.717) is 24.2 Å². The van der Waals surface area contributed by atoms with E-state index in [1.165, 1.54) is 0 Å². The Morgan fingerprint density at radius 3 is 2.07 bits per heavy atom. The number of pyridine rings is 1. The lowest BCUT2D eigenvalue weighted by atomic mass is 10.1. The molecule has 5 aromatic rings. The lowest BCUT2D eigenvalue weighted by Crippen LogP contribution is -2.00. The zero-order valence-electron chi connectivity index (χ0n) is 16.3. The van der Waals surface area contributed by atoms with Crippen molar-refractivity contribution in [1.82, 2.24) is 19.4 Å². The molecule has 0 saturated carbocycles. The second-order valence-corrected chi connectivity index (χ2v) is 7.21. The Morgan fingerprint density at radius 2 is 1.33 bits per heavy atom. The van der Waals surface area contributed by atoms with Crippen LogP contribution in [0.5, 0.6) is 5.88 Å². The molecule has 5 heteroatoms. The van der Waals surface area contributed by atoms with E-state index in [1.54, 1.807) is 16.8 Å². The Hall–Kier alpha value is -3.99. The number of rotatable bonds is 5. The molecule has 1 N–H and O–H groups in total. The fourth-order valence-electron chi connectivity index (χ4n) is 3.61. The molecule has 5 rings (SSSR count). The van der Waals surface area contributed by atoms with Crippen molar-refractivity contribution < 1.29 is 5.11 Å². The van der Waals surface area contributed by atoms with Gasteiger partial charge in [0.1, 0.15) is 5.69 Å². The highest BCUT2D eigenvalue weighted by molar-refractivity contribution is 5.63. The normalized spacial score (nSPS) is 11.1. The van der Waals surface area contributed by atoms with Crippen LogP contribution in [0.2, 0.25) is 0 Å². The zero-order valence-corrected chi connectivity index (χ0v) is 16.3. The monoisotopic (exact) mass is 392 g/mol. The van der Waals surface area contributed by atoms with E-state index < -0.39 is 0 Å². The van der Waals surface area contributed by atoms with Gasteiger partial charge in [-0.05, 0) is 23.3 Å². The first-order chi connectivity index (χ1) is 14.8. The molecule has 0 radical (unpaired) electrons. The summed E-state index contributed by atoms with van der Waals surface area (Å²) in [7, 11) is 0. The smallest absolute Gasteiger partial charge is 0.219 e. The van der Waals surface area contributed by atoms with Gasteiger partial charge in [0.2, 0.25) is 5.88 Å². The van der Waals surface area contributed by atoms with Gasteiger partial charge in [-0.15, -0.1) is 0 Å². The molecule has 2 aromatic carbocycles. The quantitative estimate of drug-likeness (QED) is 0.472. The van der Waals surface area contributed by atoms with Crippen LogP contribution in [0.3, 0.4) is 0 Å². The highest BCUT2D eigenvalue weighted by Gasteiger charge is 2.18. The number of hydrogen-bond donors (Lipinski definition) is 1. The van der Waals surface area contributed by atoms with Crippen molar-refractivity contribution in [1.29, 1.82) is 0 Å². The third-order valence-electron chi connectivity index (χ3n) is 5.13. The molecule has 0 amide bonds. The van der Waals surface area contributed by atoms with Gasteiger partial charge in [-0.1, -0.05) is 60.7 Å². The van der Waals surface area contributed by atoms with Gasteiger partial charge in [0.05, 0.1) is 11.4 Å². The minimum atomic E-state index is 0.149. The number of hydrogen-bond acceptors (Lipinski definition) is 4. The van der Waals surface area contributed by atoms with Crippen molar-refractivity contribution in [3.8, 4) is 17.1 Å². The second-order valence-electron chi connectivity index (χ2n) is 7.21. The highest BCUT2D eigenvalue weighted by Crippen LogP contribution is 2.28. The average molecular weight is 392 g/mol. The molecule has 5 nitrogen and oxygen atoms in total. The number of nitrogens with zero attached hydrogens (tertiary/aromatic N) is 4. The average Bonchev–Trinajstić information content (AvgIpc) is 3.11. The minimum Gasteiger partial charge on any atom is -0.493 e. The van der Waals surface area contributed by atoms with Crippen LogP contribution in [0.15, 0.2) is 91.4 Å². The molecule has 0 fully saturated rings. The molecule has 0 aliphatic carbocycles. The fraction of sp³-hybridized carbons (Fsp3) is 0.0800. The van der Waals surface area contributed by atoms with E-state index in [2.05, 4.69) is 17.1 Å². The molecule has 0 unspecified atom stereocenters. The molecule has 30 heavy (non-hydrogen) atoms. The van der Waals surface area contributed by atoms with Crippen LogP contribution in [-0.2, 0) is 12.8 Å². The van der Waals surface area contributed by atoms with Gasteiger partial charge in [0, 0.05) is 37.0 Å². The molecule has 0 aliphatic heterocycles. The summed E-state index contributed by atoms with van der Waals surface area (Å²) >= 11 is 0. The summed E-state index contributed by atoms with van der Waals surface area (Å²) in [5, 5.41) is 11.0. The molecule has 3 aromatic heterocycles. The standard InChI is InChI=1S/C25H20N4O/c30-25-22(16-19-11-13-26-14-12-19)28-24-21(15-18-7-3-1-4-8-18)27-23(17-29(24)25)20-9-5-2-6-10-20/h1-14,17,30H,15-16H2. The maximum Gasteiger partial charge on any atom is 0.219 e. The fourth-order valence-corrected chi connectivity index (χ4v) is 3.61. The summed E-state index contributed by atoms with van der Waals surface area (Å²) in [6, 6.07) is 24.1. The Kier molecular flexibility index (Phi) is 4.69. The van der Waals surface area contributed by atoms with Crippen molar-refractivity contribution in [3.05, 3.63) is 114 Å². The number of benzene rings is 2. The van der Waals surface area contributed by atoms with E-state index >= 15 is 0 Å². The van der Waals surface area contributed by atoms with Crippen LogP contribution in [0.1, 0.15) is 22.5 Å². The molecule has 0 atom stereocenters. The molecule has 0 bridgehead atoms. The van der Waals surface area contributed by atoms with Crippen molar-refractivity contribution in [2.45, 2.75) is 12.8 Å². The van der Waals surface area contributed by atoms with E-state index in [1.807, 2.05) is 66.9 Å². The van der Waals surface area contributed by atoms with Gasteiger partial charge >= 0.3 is 0 Å². The van der Waals surface area contributed by atoms with Crippen LogP contribution >= 0.6 is 0 Å². The zero-order chi connectivity index (χ0) is 20.3. The third-order valence-corrected chi connectivity index (χ3v) is 5.13. The molecule has 0 saturated heterocycles. The molecule has 0 spiro atoms. The van der Waals surface area contributed by atoms with Gasteiger partial charge in [-0.25, -0.2) is 9.97 Å². The lowest BCUT2D eigenvalue weighted by Gasteiger charge is -2.08. The maximum atomic E-state index is 11.0. The summed E-state index contributed by atoms with van der Waals surface area (Å²) in [6.07, 6.45) is 6.52. The van der Waals surface area contributed by atoms with Gasteiger partial charge in [0.25, 0.3) is 0 Å². The third kappa shape index (κ3) is 3.53. The van der Waals surface area contributed by atoms with Crippen LogP contribution in [0.25, 0.3) is 16.9 Å². The number of aromatic hydroxyl groups is 1.